The molecule has 0 spiro atoms. The molecule has 0 radical (unpaired) electrons. The van der Waals surface area contributed by atoms with Crippen molar-refractivity contribution in [1.82, 2.24) is 0 Å². The summed E-state index contributed by atoms with van der Waals surface area (Å²) >= 11 is 0. The Bertz CT molecular complexity index is 933. The van der Waals surface area contributed by atoms with Gasteiger partial charge in [-0.25, -0.2) is 9.59 Å². The van der Waals surface area contributed by atoms with Crippen LogP contribution in [0, 0.1) is 0 Å². The van der Waals surface area contributed by atoms with Crippen LogP contribution in [-0.2, 0) is 19.1 Å². The van der Waals surface area contributed by atoms with Crippen molar-refractivity contribution in [2.75, 3.05) is 27.4 Å². The second-order valence-corrected chi connectivity index (χ2v) is 6.31. The van der Waals surface area contributed by atoms with Gasteiger partial charge in [0.2, 0.25) is 11.6 Å². The van der Waals surface area contributed by atoms with E-state index in [9.17, 15) is 19.2 Å². The van der Waals surface area contributed by atoms with Gasteiger partial charge in [0.15, 0.2) is 0 Å². The van der Waals surface area contributed by atoms with Gasteiger partial charge in [0.25, 0.3) is 0 Å². The summed E-state index contributed by atoms with van der Waals surface area (Å²) in [5, 5.41) is 0. The van der Waals surface area contributed by atoms with Crippen molar-refractivity contribution in [3.8, 4) is 11.5 Å². The van der Waals surface area contributed by atoms with Gasteiger partial charge in [-0.3, -0.25) is 9.59 Å². The van der Waals surface area contributed by atoms with Gasteiger partial charge in [-0.2, -0.15) is 0 Å². The molecule has 0 N–H and O–H groups in total. The molecule has 0 saturated heterocycles. The number of methoxy groups -OCH3 is 2. The van der Waals surface area contributed by atoms with E-state index in [0.29, 0.717) is 11.5 Å². The van der Waals surface area contributed by atoms with E-state index in [1.54, 1.807) is 13.8 Å². The summed E-state index contributed by atoms with van der Waals surface area (Å²) in [6, 6.07) is 11.7. The van der Waals surface area contributed by atoms with Gasteiger partial charge in [0.1, 0.15) is 22.6 Å². The molecule has 0 atom stereocenters. The zero-order valence-corrected chi connectivity index (χ0v) is 18.3. The van der Waals surface area contributed by atoms with E-state index in [0.717, 1.165) is 0 Å². The Morgan fingerprint density at radius 1 is 0.594 bits per heavy atom. The monoisotopic (exact) mass is 440 g/mol. The van der Waals surface area contributed by atoms with E-state index in [1.165, 1.54) is 62.8 Å². The smallest absolute Gasteiger partial charge is 0.343 e. The Morgan fingerprint density at radius 3 is 1.16 bits per heavy atom. The lowest BCUT2D eigenvalue weighted by Gasteiger charge is -2.13. The fourth-order valence-corrected chi connectivity index (χ4v) is 2.80. The molecule has 8 heteroatoms. The molecule has 2 aromatic rings. The molecule has 0 amide bonds. The average Bonchev–Trinajstić information content (AvgIpc) is 2.82. The van der Waals surface area contributed by atoms with Crippen molar-refractivity contribution in [1.29, 1.82) is 0 Å². The molecule has 0 saturated carbocycles. The van der Waals surface area contributed by atoms with Gasteiger partial charge < -0.3 is 18.9 Å². The predicted octanol–water partition coefficient (Wildman–Crippen LogP) is 3.19. The highest BCUT2D eigenvalue weighted by molar-refractivity contribution is 6.36. The summed E-state index contributed by atoms with van der Waals surface area (Å²) in [7, 11) is 2.93. The minimum absolute atomic E-state index is 0.0644. The molecule has 0 fully saturated rings. The molecule has 2 rings (SSSR count). The van der Waals surface area contributed by atoms with E-state index in [-0.39, 0.29) is 24.3 Å². The van der Waals surface area contributed by atoms with Gasteiger partial charge in [0.05, 0.1) is 27.4 Å². The highest BCUT2D eigenvalue weighted by Gasteiger charge is 2.34. The molecule has 32 heavy (non-hydrogen) atoms. The Hall–Kier alpha value is -3.94. The lowest BCUT2D eigenvalue weighted by atomic mass is 9.93. The summed E-state index contributed by atoms with van der Waals surface area (Å²) in [5.74, 6) is -2.92. The number of ether oxygens (including phenoxy) is 4. The fraction of sp³-hybridized carbons (Fsp3) is 0.250. The van der Waals surface area contributed by atoms with Gasteiger partial charge in [-0.15, -0.1) is 0 Å². The van der Waals surface area contributed by atoms with Crippen LogP contribution in [0.4, 0.5) is 0 Å². The third-order valence-electron chi connectivity index (χ3n) is 4.37. The SMILES string of the molecule is CCOC(=O)/C(C(=O)c1ccc(OC)cc1)=C(/C(=O)OCC)C(=O)c1ccc(OC)cc1. The molecule has 0 aliphatic heterocycles. The first-order chi connectivity index (χ1) is 15.4. The fourth-order valence-electron chi connectivity index (χ4n) is 2.80. The number of hydrogen-bond donors (Lipinski definition) is 0. The van der Waals surface area contributed by atoms with Crippen LogP contribution in [0.5, 0.6) is 11.5 Å². The number of hydrogen-bond acceptors (Lipinski definition) is 8. The number of ketones is 2. The first kappa shape index (κ1) is 24.3. The number of carbonyl (C=O) groups is 4. The van der Waals surface area contributed by atoms with E-state index >= 15 is 0 Å². The van der Waals surface area contributed by atoms with E-state index in [2.05, 4.69) is 0 Å². The standard InChI is InChI=1S/C24H24O8/c1-5-31-23(27)19(21(25)15-7-11-17(29-3)12-8-15)20(24(28)32-6-2)22(26)16-9-13-18(30-4)14-10-16/h7-14H,5-6H2,1-4H3/b20-19+. The van der Waals surface area contributed by atoms with Crippen LogP contribution in [0.1, 0.15) is 34.6 Å². The van der Waals surface area contributed by atoms with Gasteiger partial charge in [0, 0.05) is 11.1 Å². The predicted molar refractivity (Wildman–Crippen MR) is 115 cm³/mol. The number of Topliss-reactive ketones (excluding diaryl/α,β-unsaturated/α-hetero) is 2. The third kappa shape index (κ3) is 5.60. The van der Waals surface area contributed by atoms with Crippen LogP contribution in [0.3, 0.4) is 0 Å². The molecule has 0 unspecified atom stereocenters. The van der Waals surface area contributed by atoms with E-state index in [4.69, 9.17) is 18.9 Å². The van der Waals surface area contributed by atoms with Crippen molar-refractivity contribution in [3.05, 3.63) is 70.8 Å². The van der Waals surface area contributed by atoms with Gasteiger partial charge >= 0.3 is 11.9 Å². The maximum atomic E-state index is 13.3. The molecule has 0 heterocycles. The molecule has 2 aromatic carbocycles. The zero-order valence-electron chi connectivity index (χ0n) is 18.3. The maximum Gasteiger partial charge on any atom is 0.343 e. The second-order valence-electron chi connectivity index (χ2n) is 6.31. The largest absolute Gasteiger partial charge is 0.497 e. The molecular weight excluding hydrogens is 416 g/mol. The van der Waals surface area contributed by atoms with E-state index in [1.807, 2.05) is 0 Å². The molecular formula is C24H24O8. The minimum atomic E-state index is -1.10. The number of carbonyl (C=O) groups excluding carboxylic acids is 4. The van der Waals surface area contributed by atoms with Crippen molar-refractivity contribution in [3.63, 3.8) is 0 Å². The molecule has 168 valence electrons. The summed E-state index contributed by atoms with van der Waals surface area (Å²) < 4.78 is 20.2. The zero-order chi connectivity index (χ0) is 23.7. The molecule has 0 aliphatic carbocycles. The third-order valence-corrected chi connectivity index (χ3v) is 4.37. The Labute approximate surface area is 185 Å². The van der Waals surface area contributed by atoms with Gasteiger partial charge in [-0.05, 0) is 62.4 Å². The highest BCUT2D eigenvalue weighted by atomic mass is 16.5. The second kappa shape index (κ2) is 11.5. The Balaban J connectivity index is 2.70. The quantitative estimate of drug-likeness (QED) is 0.182. The first-order valence-corrected chi connectivity index (χ1v) is 9.83. The topological polar surface area (TPSA) is 105 Å². The summed E-state index contributed by atoms with van der Waals surface area (Å²) in [5.41, 5.74) is -1.26. The van der Waals surface area contributed by atoms with Crippen LogP contribution in [-0.4, -0.2) is 50.9 Å². The first-order valence-electron chi connectivity index (χ1n) is 9.83. The summed E-state index contributed by atoms with van der Waals surface area (Å²) in [6.07, 6.45) is 0. The van der Waals surface area contributed by atoms with Crippen LogP contribution in [0.25, 0.3) is 0 Å². The number of benzene rings is 2. The number of esters is 2. The van der Waals surface area contributed by atoms with Crippen molar-refractivity contribution >= 4 is 23.5 Å². The van der Waals surface area contributed by atoms with Crippen molar-refractivity contribution in [2.24, 2.45) is 0 Å². The van der Waals surface area contributed by atoms with Crippen LogP contribution in [0.15, 0.2) is 59.7 Å². The van der Waals surface area contributed by atoms with Gasteiger partial charge in [-0.1, -0.05) is 0 Å². The van der Waals surface area contributed by atoms with Crippen LogP contribution < -0.4 is 9.47 Å². The highest BCUT2D eigenvalue weighted by Crippen LogP contribution is 2.23. The average molecular weight is 440 g/mol. The van der Waals surface area contributed by atoms with Crippen LogP contribution in [0.2, 0.25) is 0 Å². The minimum Gasteiger partial charge on any atom is -0.497 e. The van der Waals surface area contributed by atoms with Crippen molar-refractivity contribution < 1.29 is 38.1 Å². The lowest BCUT2D eigenvalue weighted by Crippen LogP contribution is -2.27. The number of rotatable bonds is 10. The Morgan fingerprint density at radius 2 is 0.906 bits per heavy atom. The molecule has 0 aliphatic rings. The molecule has 0 aromatic heterocycles. The lowest BCUT2D eigenvalue weighted by molar-refractivity contribution is -0.141. The Kier molecular flexibility index (Phi) is 8.71. The normalized spacial score (nSPS) is 11.1. The maximum absolute atomic E-state index is 13.3. The molecule has 0 bridgehead atoms. The summed E-state index contributed by atoms with van der Waals surface area (Å²) in [4.78, 5) is 52.1. The summed E-state index contributed by atoms with van der Waals surface area (Å²) in [6.45, 7) is 2.96. The van der Waals surface area contributed by atoms with Crippen molar-refractivity contribution in [2.45, 2.75) is 13.8 Å². The van der Waals surface area contributed by atoms with E-state index < -0.39 is 34.7 Å². The molecule has 8 nitrogen and oxygen atoms in total. The van der Waals surface area contributed by atoms with Crippen LogP contribution >= 0.6 is 0 Å².